The second kappa shape index (κ2) is 11.1. The Bertz CT molecular complexity index is 1340. The van der Waals surface area contributed by atoms with Crippen LogP contribution in [0.1, 0.15) is 65.5 Å². The lowest BCUT2D eigenvalue weighted by atomic mass is 9.78. The molecule has 2 atom stereocenters. The number of methoxy groups -OCH3 is 1. The molecule has 7 heteroatoms. The van der Waals surface area contributed by atoms with E-state index in [9.17, 15) is 9.59 Å². The van der Waals surface area contributed by atoms with Gasteiger partial charge in [-0.3, -0.25) is 14.5 Å². The number of nitrogens with zero attached hydrogens (tertiary/aromatic N) is 4. The Hall–Kier alpha value is -3.16. The van der Waals surface area contributed by atoms with E-state index in [-0.39, 0.29) is 11.8 Å². The molecule has 1 saturated heterocycles. The van der Waals surface area contributed by atoms with E-state index < -0.39 is 12.0 Å². The van der Waals surface area contributed by atoms with Crippen LogP contribution < -0.4 is 0 Å². The summed E-state index contributed by atoms with van der Waals surface area (Å²) in [5.74, 6) is -0.381. The molecule has 0 N–H and O–H groups in total. The third-order valence-corrected chi connectivity index (χ3v) is 9.20. The summed E-state index contributed by atoms with van der Waals surface area (Å²) in [4.78, 5) is 35.1. The minimum absolute atomic E-state index is 0.0354. The van der Waals surface area contributed by atoms with Gasteiger partial charge in [-0.1, -0.05) is 55.7 Å². The lowest BCUT2D eigenvalue weighted by Crippen LogP contribution is -2.55. The number of carbonyl (C=O) groups is 2. The summed E-state index contributed by atoms with van der Waals surface area (Å²) >= 11 is 0. The number of benzene rings is 2. The van der Waals surface area contributed by atoms with Crippen molar-refractivity contribution in [1.29, 1.82) is 0 Å². The van der Waals surface area contributed by atoms with Crippen LogP contribution in [0.25, 0.3) is 10.9 Å². The summed E-state index contributed by atoms with van der Waals surface area (Å²) in [7, 11) is 3.69. The van der Waals surface area contributed by atoms with Crippen molar-refractivity contribution < 1.29 is 14.3 Å². The van der Waals surface area contributed by atoms with E-state index in [4.69, 9.17) is 4.74 Å². The van der Waals surface area contributed by atoms with Crippen molar-refractivity contribution in [2.24, 2.45) is 7.05 Å². The topological polar surface area (TPSA) is 58.0 Å². The maximum atomic E-state index is 14.6. The summed E-state index contributed by atoms with van der Waals surface area (Å²) < 4.78 is 7.55. The second-order valence-electron chi connectivity index (χ2n) is 11.4. The minimum atomic E-state index is -0.470. The third-order valence-electron chi connectivity index (χ3n) is 9.20. The van der Waals surface area contributed by atoms with E-state index in [0.717, 1.165) is 48.2 Å². The zero-order valence-electron chi connectivity index (χ0n) is 23.2. The van der Waals surface area contributed by atoms with Crippen molar-refractivity contribution in [2.75, 3.05) is 46.4 Å². The Labute approximate surface area is 231 Å². The molecule has 6 rings (SSSR count). The van der Waals surface area contributed by atoms with Crippen molar-refractivity contribution >= 4 is 22.7 Å². The Kier molecular flexibility index (Phi) is 7.45. The number of piperazine rings is 1. The first-order valence-electron chi connectivity index (χ1n) is 14.5. The van der Waals surface area contributed by atoms with Gasteiger partial charge < -0.3 is 19.1 Å². The molecule has 2 amide bonds. The highest BCUT2D eigenvalue weighted by Gasteiger charge is 2.46. The molecule has 0 bridgehead atoms. The minimum Gasteiger partial charge on any atom is -0.383 e. The molecule has 2 aromatic carbocycles. The number of amides is 2. The predicted octanol–water partition coefficient (Wildman–Crippen LogP) is 4.58. The molecular formula is C32H40N4O3. The smallest absolute Gasteiger partial charge is 0.254 e. The number of para-hydroxylation sites is 1. The maximum absolute atomic E-state index is 14.6. The third kappa shape index (κ3) is 4.76. The zero-order chi connectivity index (χ0) is 26.9. The van der Waals surface area contributed by atoms with Gasteiger partial charge in [0, 0.05) is 81.1 Å². The van der Waals surface area contributed by atoms with E-state index in [1.807, 2.05) is 48.3 Å². The van der Waals surface area contributed by atoms with Crippen molar-refractivity contribution in [3.05, 3.63) is 71.4 Å². The van der Waals surface area contributed by atoms with Crippen LogP contribution in [0.3, 0.4) is 0 Å². The van der Waals surface area contributed by atoms with Crippen molar-refractivity contribution in [3.63, 3.8) is 0 Å². The molecule has 0 spiro atoms. The molecule has 3 aliphatic rings. The van der Waals surface area contributed by atoms with E-state index in [0.29, 0.717) is 24.8 Å². The largest absolute Gasteiger partial charge is 0.383 e. The normalized spacial score (nSPS) is 22.9. The van der Waals surface area contributed by atoms with Gasteiger partial charge in [-0.05, 0) is 30.5 Å². The SMILES string of the molecule is COCCN1C(=O)c2ccccc2C(C(=O)N2CCN(C3CCCCC3)CC2)C1c1cn(C)c2ccccc12. The second-order valence-corrected chi connectivity index (χ2v) is 11.4. The first kappa shape index (κ1) is 26.1. The van der Waals surface area contributed by atoms with E-state index >= 15 is 0 Å². The van der Waals surface area contributed by atoms with E-state index in [1.54, 1.807) is 7.11 Å². The van der Waals surface area contributed by atoms with Crippen LogP contribution in [-0.4, -0.2) is 83.6 Å². The lowest BCUT2D eigenvalue weighted by molar-refractivity contribution is -0.137. The number of aromatic nitrogens is 1. The summed E-state index contributed by atoms with van der Waals surface area (Å²) in [6.07, 6.45) is 8.66. The van der Waals surface area contributed by atoms with Gasteiger partial charge in [0.2, 0.25) is 5.91 Å². The monoisotopic (exact) mass is 528 g/mol. The molecule has 7 nitrogen and oxygen atoms in total. The average molecular weight is 529 g/mol. The Morgan fingerprint density at radius 2 is 1.64 bits per heavy atom. The van der Waals surface area contributed by atoms with Crippen LogP contribution in [0.5, 0.6) is 0 Å². The number of ether oxygens (including phenoxy) is 1. The number of hydrogen-bond acceptors (Lipinski definition) is 4. The molecule has 1 aromatic heterocycles. The molecule has 2 unspecified atom stereocenters. The van der Waals surface area contributed by atoms with Crippen LogP contribution in [0.4, 0.5) is 0 Å². The Balaban J connectivity index is 1.39. The summed E-state index contributed by atoms with van der Waals surface area (Å²) in [6, 6.07) is 16.2. The summed E-state index contributed by atoms with van der Waals surface area (Å²) in [5.41, 5.74) is 3.59. The lowest BCUT2D eigenvalue weighted by Gasteiger charge is -2.45. The fourth-order valence-corrected chi connectivity index (χ4v) is 7.20. The molecular weight excluding hydrogens is 488 g/mol. The van der Waals surface area contributed by atoms with Gasteiger partial charge in [-0.15, -0.1) is 0 Å². The zero-order valence-corrected chi connectivity index (χ0v) is 23.2. The van der Waals surface area contributed by atoms with Crippen molar-refractivity contribution in [3.8, 4) is 0 Å². The molecule has 2 aliphatic heterocycles. The Morgan fingerprint density at radius 1 is 0.923 bits per heavy atom. The van der Waals surface area contributed by atoms with Crippen LogP contribution in [-0.2, 0) is 16.6 Å². The van der Waals surface area contributed by atoms with Gasteiger partial charge in [-0.2, -0.15) is 0 Å². The van der Waals surface area contributed by atoms with Crippen molar-refractivity contribution in [2.45, 2.75) is 50.1 Å². The first-order valence-corrected chi connectivity index (χ1v) is 14.5. The fourth-order valence-electron chi connectivity index (χ4n) is 7.20. The number of carbonyl (C=O) groups excluding carboxylic acids is 2. The van der Waals surface area contributed by atoms with Crippen LogP contribution in [0.2, 0.25) is 0 Å². The van der Waals surface area contributed by atoms with Gasteiger partial charge in [0.15, 0.2) is 0 Å². The number of rotatable bonds is 6. The van der Waals surface area contributed by atoms with Crippen molar-refractivity contribution in [1.82, 2.24) is 19.3 Å². The molecule has 1 aliphatic carbocycles. The number of fused-ring (bicyclic) bond motifs is 2. The molecule has 2 fully saturated rings. The van der Waals surface area contributed by atoms with E-state index in [2.05, 4.69) is 32.7 Å². The highest BCUT2D eigenvalue weighted by atomic mass is 16.5. The molecule has 39 heavy (non-hydrogen) atoms. The van der Waals surface area contributed by atoms with Crippen LogP contribution in [0.15, 0.2) is 54.7 Å². The van der Waals surface area contributed by atoms with Gasteiger partial charge in [-0.25, -0.2) is 0 Å². The van der Waals surface area contributed by atoms with Gasteiger partial charge in [0.25, 0.3) is 5.91 Å². The molecule has 206 valence electrons. The van der Waals surface area contributed by atoms with Crippen LogP contribution >= 0.6 is 0 Å². The maximum Gasteiger partial charge on any atom is 0.254 e. The highest BCUT2D eigenvalue weighted by Crippen LogP contribution is 2.46. The average Bonchev–Trinajstić information content (AvgIpc) is 3.32. The summed E-state index contributed by atoms with van der Waals surface area (Å²) in [6.45, 7) is 4.17. The molecule has 0 radical (unpaired) electrons. The Morgan fingerprint density at radius 3 is 2.41 bits per heavy atom. The number of hydrogen-bond donors (Lipinski definition) is 0. The number of aryl methyl sites for hydroxylation is 1. The fraction of sp³-hybridized carbons (Fsp3) is 0.500. The van der Waals surface area contributed by atoms with E-state index in [1.165, 1.54) is 32.1 Å². The van der Waals surface area contributed by atoms with Gasteiger partial charge in [0.1, 0.15) is 0 Å². The predicted molar refractivity (Wildman–Crippen MR) is 153 cm³/mol. The van der Waals surface area contributed by atoms with Gasteiger partial charge in [0.05, 0.1) is 18.6 Å². The standard InChI is InChI=1S/C32H40N4O3/c1-33-22-27(24-12-8-9-15-28(24)33)30-29(25-13-6-7-14-26(25)31(37)36(30)20-21-39-2)32(38)35-18-16-34(17-19-35)23-10-4-3-5-11-23/h6-9,12-15,22-23,29-30H,3-5,10-11,16-21H2,1-2H3. The quantitative estimate of drug-likeness (QED) is 0.470. The molecule has 3 heterocycles. The molecule has 1 saturated carbocycles. The summed E-state index contributed by atoms with van der Waals surface area (Å²) in [5, 5.41) is 1.08. The molecule has 3 aromatic rings. The van der Waals surface area contributed by atoms with Gasteiger partial charge >= 0.3 is 0 Å². The van der Waals surface area contributed by atoms with Crippen LogP contribution in [0, 0.1) is 0 Å². The highest BCUT2D eigenvalue weighted by molar-refractivity contribution is 6.02. The first-order chi connectivity index (χ1) is 19.1.